The van der Waals surface area contributed by atoms with E-state index in [9.17, 15) is 13.6 Å². The van der Waals surface area contributed by atoms with E-state index in [1.165, 1.54) is 12.1 Å². The Morgan fingerprint density at radius 3 is 2.73 bits per heavy atom. The molecule has 1 N–H and O–H groups in total. The van der Waals surface area contributed by atoms with Gasteiger partial charge in [-0.1, -0.05) is 12.2 Å². The van der Waals surface area contributed by atoms with Crippen LogP contribution in [0.15, 0.2) is 24.3 Å². The fraction of sp³-hybridized carbons (Fsp3) is 0.182. The van der Waals surface area contributed by atoms with Crippen molar-refractivity contribution in [3.8, 4) is 0 Å². The molecule has 1 aromatic rings. The molecule has 0 aliphatic carbocycles. The zero-order valence-electron chi connectivity index (χ0n) is 7.91. The van der Waals surface area contributed by atoms with Crippen molar-refractivity contribution >= 4 is 12.0 Å². The Balaban J connectivity index is 2.60. The Morgan fingerprint density at radius 2 is 2.13 bits per heavy atom. The highest BCUT2D eigenvalue weighted by molar-refractivity contribution is 5.67. The Hall–Kier alpha value is -1.71. The van der Waals surface area contributed by atoms with Crippen LogP contribution < -0.4 is 0 Å². The van der Waals surface area contributed by atoms with Crippen molar-refractivity contribution in [3.05, 3.63) is 41.5 Å². The molecule has 0 aliphatic heterocycles. The van der Waals surface area contributed by atoms with E-state index in [2.05, 4.69) is 0 Å². The molecule has 0 saturated heterocycles. The monoisotopic (exact) mass is 212 g/mol. The van der Waals surface area contributed by atoms with E-state index in [1.807, 2.05) is 0 Å². The van der Waals surface area contributed by atoms with Gasteiger partial charge in [-0.3, -0.25) is 4.79 Å². The molecule has 1 rings (SSSR count). The van der Waals surface area contributed by atoms with Crippen molar-refractivity contribution in [2.45, 2.75) is 12.8 Å². The third-order valence-electron chi connectivity index (χ3n) is 1.78. The van der Waals surface area contributed by atoms with Crippen LogP contribution in [0, 0.1) is 11.6 Å². The summed E-state index contributed by atoms with van der Waals surface area (Å²) in [5.41, 5.74) is 0.252. The fourth-order valence-electron chi connectivity index (χ4n) is 1.05. The molecule has 0 aromatic heterocycles. The summed E-state index contributed by atoms with van der Waals surface area (Å²) < 4.78 is 25.5. The van der Waals surface area contributed by atoms with Crippen LogP contribution in [-0.4, -0.2) is 11.1 Å². The molecule has 0 atom stereocenters. The van der Waals surface area contributed by atoms with Crippen molar-refractivity contribution < 1.29 is 18.7 Å². The molecule has 1 aromatic carbocycles. The number of hydrogen-bond donors (Lipinski definition) is 1. The number of hydrogen-bond acceptors (Lipinski definition) is 1. The summed E-state index contributed by atoms with van der Waals surface area (Å²) in [7, 11) is 0. The minimum absolute atomic E-state index is 0.000681. The van der Waals surface area contributed by atoms with Crippen LogP contribution in [0.4, 0.5) is 8.78 Å². The molecular weight excluding hydrogens is 202 g/mol. The molecule has 0 radical (unpaired) electrons. The molecule has 0 heterocycles. The van der Waals surface area contributed by atoms with Crippen LogP contribution in [0.1, 0.15) is 18.4 Å². The lowest BCUT2D eigenvalue weighted by molar-refractivity contribution is -0.136. The first-order valence-electron chi connectivity index (χ1n) is 4.43. The number of rotatable bonds is 4. The second-order valence-corrected chi connectivity index (χ2v) is 3.00. The molecule has 0 saturated carbocycles. The highest BCUT2D eigenvalue weighted by Gasteiger charge is 1.99. The lowest BCUT2D eigenvalue weighted by Crippen LogP contribution is -1.91. The van der Waals surface area contributed by atoms with E-state index in [0.29, 0.717) is 6.42 Å². The largest absolute Gasteiger partial charge is 0.481 e. The zero-order valence-corrected chi connectivity index (χ0v) is 7.91. The summed E-state index contributed by atoms with van der Waals surface area (Å²) in [5.74, 6) is -2.18. The molecule has 2 nitrogen and oxygen atoms in total. The normalized spacial score (nSPS) is 10.8. The second kappa shape index (κ2) is 5.24. The summed E-state index contributed by atoms with van der Waals surface area (Å²) in [5, 5.41) is 8.34. The van der Waals surface area contributed by atoms with Crippen molar-refractivity contribution in [1.82, 2.24) is 0 Å². The molecule has 0 spiro atoms. The topological polar surface area (TPSA) is 37.3 Å². The third kappa shape index (κ3) is 3.89. The standard InChI is InChI=1S/C11H10F2O2/c12-9-6-5-8(10(13)7-9)3-1-2-4-11(14)15/h1,3,5-7H,2,4H2,(H,14,15). The zero-order chi connectivity index (χ0) is 11.3. The van der Waals surface area contributed by atoms with Gasteiger partial charge in [-0.05, 0) is 18.6 Å². The first-order chi connectivity index (χ1) is 7.09. The van der Waals surface area contributed by atoms with Crippen LogP contribution in [-0.2, 0) is 4.79 Å². The van der Waals surface area contributed by atoms with E-state index >= 15 is 0 Å². The number of aliphatic carboxylic acids is 1. The Labute approximate surface area is 85.9 Å². The van der Waals surface area contributed by atoms with Gasteiger partial charge in [-0.2, -0.15) is 0 Å². The van der Waals surface area contributed by atoms with Gasteiger partial charge in [-0.15, -0.1) is 0 Å². The molecule has 0 aliphatic rings. The van der Waals surface area contributed by atoms with Gasteiger partial charge < -0.3 is 5.11 Å². The van der Waals surface area contributed by atoms with Crippen LogP contribution >= 0.6 is 0 Å². The van der Waals surface area contributed by atoms with Crippen LogP contribution in [0.3, 0.4) is 0 Å². The van der Waals surface area contributed by atoms with Gasteiger partial charge in [0.05, 0.1) is 0 Å². The predicted octanol–water partition coefficient (Wildman–Crippen LogP) is 2.84. The Bertz CT molecular complexity index is 386. The average molecular weight is 212 g/mol. The Morgan fingerprint density at radius 1 is 1.40 bits per heavy atom. The lowest BCUT2D eigenvalue weighted by atomic mass is 10.1. The van der Waals surface area contributed by atoms with Gasteiger partial charge in [0.15, 0.2) is 0 Å². The van der Waals surface area contributed by atoms with Crippen LogP contribution in [0.5, 0.6) is 0 Å². The minimum Gasteiger partial charge on any atom is -0.481 e. The van der Waals surface area contributed by atoms with Crippen molar-refractivity contribution in [3.63, 3.8) is 0 Å². The molecular formula is C11H10F2O2. The number of benzene rings is 1. The highest BCUT2D eigenvalue weighted by atomic mass is 19.1. The summed E-state index contributed by atoms with van der Waals surface area (Å²) in [6.07, 6.45) is 3.31. The van der Waals surface area contributed by atoms with Gasteiger partial charge in [0.1, 0.15) is 11.6 Å². The number of carboxylic acids is 1. The molecule has 0 fully saturated rings. The Kier molecular flexibility index (Phi) is 3.97. The maximum absolute atomic E-state index is 13.0. The van der Waals surface area contributed by atoms with Gasteiger partial charge in [-0.25, -0.2) is 8.78 Å². The highest BCUT2D eigenvalue weighted by Crippen LogP contribution is 2.11. The maximum atomic E-state index is 13.0. The molecule has 80 valence electrons. The van der Waals surface area contributed by atoms with Crippen molar-refractivity contribution in [2.75, 3.05) is 0 Å². The maximum Gasteiger partial charge on any atom is 0.303 e. The van der Waals surface area contributed by atoms with Gasteiger partial charge in [0, 0.05) is 18.1 Å². The van der Waals surface area contributed by atoms with E-state index in [4.69, 9.17) is 5.11 Å². The number of carbonyl (C=O) groups is 1. The number of allylic oxidation sites excluding steroid dienone is 1. The smallest absolute Gasteiger partial charge is 0.303 e. The molecule has 4 heteroatoms. The molecule has 0 amide bonds. The quantitative estimate of drug-likeness (QED) is 0.833. The van der Waals surface area contributed by atoms with E-state index in [0.717, 1.165) is 12.1 Å². The summed E-state index contributed by atoms with van der Waals surface area (Å²) in [4.78, 5) is 10.2. The SMILES string of the molecule is O=C(O)CCC=Cc1ccc(F)cc1F. The van der Waals surface area contributed by atoms with Crippen LogP contribution in [0.25, 0.3) is 6.08 Å². The van der Waals surface area contributed by atoms with Crippen molar-refractivity contribution in [1.29, 1.82) is 0 Å². The van der Waals surface area contributed by atoms with E-state index in [-0.39, 0.29) is 12.0 Å². The van der Waals surface area contributed by atoms with E-state index < -0.39 is 17.6 Å². The first kappa shape index (κ1) is 11.4. The number of carboxylic acid groups (broad SMARTS) is 1. The minimum atomic E-state index is -0.903. The lowest BCUT2D eigenvalue weighted by Gasteiger charge is -1.96. The second-order valence-electron chi connectivity index (χ2n) is 3.00. The summed E-state index contributed by atoms with van der Waals surface area (Å²) in [6.45, 7) is 0. The molecule has 15 heavy (non-hydrogen) atoms. The van der Waals surface area contributed by atoms with Gasteiger partial charge in [0.2, 0.25) is 0 Å². The van der Waals surface area contributed by atoms with Gasteiger partial charge >= 0.3 is 5.97 Å². The van der Waals surface area contributed by atoms with Gasteiger partial charge in [0.25, 0.3) is 0 Å². The summed E-state index contributed by atoms with van der Waals surface area (Å²) >= 11 is 0. The van der Waals surface area contributed by atoms with E-state index in [1.54, 1.807) is 6.08 Å². The summed E-state index contributed by atoms with van der Waals surface area (Å²) in [6, 6.07) is 3.25. The first-order valence-corrected chi connectivity index (χ1v) is 4.43. The predicted molar refractivity (Wildman–Crippen MR) is 52.3 cm³/mol. The molecule has 0 bridgehead atoms. The van der Waals surface area contributed by atoms with Crippen molar-refractivity contribution in [2.24, 2.45) is 0 Å². The van der Waals surface area contributed by atoms with Crippen LogP contribution in [0.2, 0.25) is 0 Å². The molecule has 0 unspecified atom stereocenters. The fourth-order valence-corrected chi connectivity index (χ4v) is 1.05. The number of halogens is 2. The third-order valence-corrected chi connectivity index (χ3v) is 1.78. The average Bonchev–Trinajstić information content (AvgIpc) is 2.14.